The molecule has 17 heavy (non-hydrogen) atoms. The lowest BCUT2D eigenvalue weighted by Crippen LogP contribution is -2.05. The third-order valence-corrected chi connectivity index (χ3v) is 3.82. The summed E-state index contributed by atoms with van der Waals surface area (Å²) in [4.78, 5) is 13.4. The van der Waals surface area contributed by atoms with Crippen LogP contribution in [0.1, 0.15) is 15.2 Å². The Hall–Kier alpha value is -0.780. The Labute approximate surface area is 117 Å². The Morgan fingerprint density at radius 1 is 1.41 bits per heavy atom. The fourth-order valence-electron chi connectivity index (χ4n) is 1.29. The smallest absolute Gasteiger partial charge is 0.339 e. The average Bonchev–Trinajstić information content (AvgIpc) is 2.78. The van der Waals surface area contributed by atoms with Crippen LogP contribution in [-0.2, 0) is 11.3 Å². The van der Waals surface area contributed by atoms with E-state index in [1.807, 2.05) is 17.5 Å². The molecule has 0 N–H and O–H groups in total. The van der Waals surface area contributed by atoms with Crippen molar-refractivity contribution in [2.75, 3.05) is 0 Å². The van der Waals surface area contributed by atoms with Crippen LogP contribution in [0.3, 0.4) is 0 Å². The molecular weight excluding hydrogens is 320 g/mol. The quantitative estimate of drug-likeness (QED) is 0.676. The van der Waals surface area contributed by atoms with E-state index in [0.717, 1.165) is 9.35 Å². The average molecular weight is 329 g/mol. The van der Waals surface area contributed by atoms with E-state index in [1.54, 1.807) is 29.5 Å². The van der Waals surface area contributed by atoms with E-state index in [4.69, 9.17) is 4.74 Å². The minimum absolute atomic E-state index is 0.305. The van der Waals surface area contributed by atoms with Crippen molar-refractivity contribution in [1.29, 1.82) is 0 Å². The summed E-state index contributed by atoms with van der Waals surface area (Å²) in [6, 6.07) is 9.12. The highest BCUT2D eigenvalue weighted by Gasteiger charge is 2.11. The van der Waals surface area contributed by atoms with Crippen LogP contribution >= 0.6 is 39.9 Å². The number of esters is 1. The molecule has 0 saturated heterocycles. The van der Waals surface area contributed by atoms with E-state index in [-0.39, 0.29) is 5.97 Å². The van der Waals surface area contributed by atoms with Gasteiger partial charge in [0.05, 0.1) is 5.56 Å². The number of rotatable bonds is 3. The highest BCUT2D eigenvalue weighted by Crippen LogP contribution is 2.21. The molecule has 0 aliphatic carbocycles. The normalized spacial score (nSPS) is 10.2. The van der Waals surface area contributed by atoms with Crippen molar-refractivity contribution >= 4 is 45.9 Å². The minimum Gasteiger partial charge on any atom is -0.456 e. The van der Waals surface area contributed by atoms with Crippen molar-refractivity contribution in [3.05, 3.63) is 50.6 Å². The molecule has 0 radical (unpaired) electrons. The first kappa shape index (κ1) is 12.7. The van der Waals surface area contributed by atoms with Crippen molar-refractivity contribution in [2.45, 2.75) is 11.5 Å². The maximum absolute atomic E-state index is 11.8. The molecule has 0 aliphatic rings. The Morgan fingerprint density at radius 2 is 2.24 bits per heavy atom. The van der Waals surface area contributed by atoms with Gasteiger partial charge in [0.25, 0.3) is 0 Å². The molecule has 2 aromatic rings. The van der Waals surface area contributed by atoms with E-state index in [2.05, 4.69) is 28.6 Å². The van der Waals surface area contributed by atoms with E-state index in [9.17, 15) is 4.79 Å². The van der Waals surface area contributed by atoms with Gasteiger partial charge in [-0.25, -0.2) is 4.79 Å². The summed E-state index contributed by atoms with van der Waals surface area (Å²) in [6.07, 6.45) is 0. The molecule has 0 amide bonds. The van der Waals surface area contributed by atoms with Crippen LogP contribution in [0.25, 0.3) is 0 Å². The first-order valence-electron chi connectivity index (χ1n) is 4.85. The molecule has 0 atom stereocenters. The molecule has 0 unspecified atom stereocenters. The van der Waals surface area contributed by atoms with Crippen molar-refractivity contribution in [2.24, 2.45) is 0 Å². The summed E-state index contributed by atoms with van der Waals surface area (Å²) in [6.45, 7) is 0.305. The first-order valence-corrected chi connectivity index (χ1v) is 6.97. The van der Waals surface area contributed by atoms with Gasteiger partial charge in [0, 0.05) is 14.2 Å². The standard InChI is InChI=1S/C12H9BrO2S2/c13-8-3-4-10(11(16)6-8)12(14)15-7-9-2-1-5-17-9/h1-6,16H,7H2. The van der Waals surface area contributed by atoms with Crippen LogP contribution in [0.2, 0.25) is 0 Å². The predicted molar refractivity (Wildman–Crippen MR) is 74.8 cm³/mol. The Balaban J connectivity index is 2.04. The highest BCUT2D eigenvalue weighted by molar-refractivity contribution is 9.10. The predicted octanol–water partition coefficient (Wildman–Crippen LogP) is 4.16. The molecule has 0 aliphatic heterocycles. The van der Waals surface area contributed by atoms with Crippen molar-refractivity contribution in [3.63, 3.8) is 0 Å². The van der Waals surface area contributed by atoms with Gasteiger partial charge in [-0.3, -0.25) is 0 Å². The third kappa shape index (κ3) is 3.34. The van der Waals surface area contributed by atoms with Gasteiger partial charge in [-0.1, -0.05) is 22.0 Å². The number of hydrogen-bond donors (Lipinski definition) is 1. The summed E-state index contributed by atoms with van der Waals surface area (Å²) < 4.78 is 6.09. The second-order valence-corrected chi connectivity index (χ2v) is 5.75. The maximum atomic E-state index is 11.8. The Morgan fingerprint density at radius 3 is 2.88 bits per heavy atom. The second-order valence-electron chi connectivity index (χ2n) is 3.32. The molecule has 5 heteroatoms. The molecule has 1 heterocycles. The number of ether oxygens (including phenoxy) is 1. The lowest BCUT2D eigenvalue weighted by atomic mass is 10.2. The van der Waals surface area contributed by atoms with E-state index >= 15 is 0 Å². The Bertz CT molecular complexity index is 523. The molecule has 0 bridgehead atoms. The van der Waals surface area contributed by atoms with Gasteiger partial charge in [-0.15, -0.1) is 24.0 Å². The molecule has 0 fully saturated rings. The third-order valence-electron chi connectivity index (χ3n) is 2.11. The first-order chi connectivity index (χ1) is 8.16. The van der Waals surface area contributed by atoms with Crippen molar-refractivity contribution < 1.29 is 9.53 Å². The van der Waals surface area contributed by atoms with Crippen LogP contribution in [-0.4, -0.2) is 5.97 Å². The molecule has 1 aromatic carbocycles. The van der Waals surface area contributed by atoms with Gasteiger partial charge in [0.2, 0.25) is 0 Å². The van der Waals surface area contributed by atoms with Crippen LogP contribution in [0.15, 0.2) is 45.1 Å². The second kappa shape index (κ2) is 5.71. The largest absolute Gasteiger partial charge is 0.456 e. The molecule has 2 rings (SSSR count). The summed E-state index contributed by atoms with van der Waals surface area (Å²) in [7, 11) is 0. The van der Waals surface area contributed by atoms with Gasteiger partial charge in [-0.2, -0.15) is 0 Å². The van der Waals surface area contributed by atoms with Crippen molar-refractivity contribution in [3.8, 4) is 0 Å². The molecular formula is C12H9BrO2S2. The molecule has 0 saturated carbocycles. The zero-order valence-electron chi connectivity index (χ0n) is 8.72. The monoisotopic (exact) mass is 328 g/mol. The number of carbonyl (C=O) groups excluding carboxylic acids is 1. The number of halogens is 1. The molecule has 88 valence electrons. The number of hydrogen-bond acceptors (Lipinski definition) is 4. The zero-order valence-corrected chi connectivity index (χ0v) is 12.0. The van der Waals surface area contributed by atoms with E-state index in [0.29, 0.717) is 17.1 Å². The molecule has 0 spiro atoms. The molecule has 2 nitrogen and oxygen atoms in total. The summed E-state index contributed by atoms with van der Waals surface area (Å²) in [5.74, 6) is -0.351. The maximum Gasteiger partial charge on any atom is 0.339 e. The van der Waals surface area contributed by atoms with E-state index < -0.39 is 0 Å². The number of benzene rings is 1. The zero-order chi connectivity index (χ0) is 12.3. The fraction of sp³-hybridized carbons (Fsp3) is 0.0833. The molecule has 1 aromatic heterocycles. The SMILES string of the molecule is O=C(OCc1cccs1)c1ccc(Br)cc1S. The van der Waals surface area contributed by atoms with Gasteiger partial charge >= 0.3 is 5.97 Å². The fourth-order valence-corrected chi connectivity index (χ4v) is 2.75. The minimum atomic E-state index is -0.351. The number of carbonyl (C=O) groups is 1. The summed E-state index contributed by atoms with van der Waals surface area (Å²) >= 11 is 9.13. The number of thiophene rings is 1. The summed E-state index contributed by atoms with van der Waals surface area (Å²) in [5, 5.41) is 1.95. The highest BCUT2D eigenvalue weighted by atomic mass is 79.9. The topological polar surface area (TPSA) is 26.3 Å². The van der Waals surface area contributed by atoms with Crippen molar-refractivity contribution in [1.82, 2.24) is 0 Å². The van der Waals surface area contributed by atoms with Gasteiger partial charge in [0.15, 0.2) is 0 Å². The van der Waals surface area contributed by atoms with Crippen LogP contribution in [0, 0.1) is 0 Å². The van der Waals surface area contributed by atoms with Gasteiger partial charge in [0.1, 0.15) is 6.61 Å². The Kier molecular flexibility index (Phi) is 4.25. The van der Waals surface area contributed by atoms with Gasteiger partial charge < -0.3 is 4.74 Å². The summed E-state index contributed by atoms with van der Waals surface area (Å²) in [5.41, 5.74) is 0.480. The number of thiol groups is 1. The van der Waals surface area contributed by atoms with E-state index in [1.165, 1.54) is 0 Å². The van der Waals surface area contributed by atoms with Gasteiger partial charge in [-0.05, 0) is 29.6 Å². The van der Waals surface area contributed by atoms with Crippen LogP contribution < -0.4 is 0 Å². The van der Waals surface area contributed by atoms with Crippen LogP contribution in [0.4, 0.5) is 0 Å². The lowest BCUT2D eigenvalue weighted by molar-refractivity contribution is 0.0473. The van der Waals surface area contributed by atoms with Crippen LogP contribution in [0.5, 0.6) is 0 Å². The lowest BCUT2D eigenvalue weighted by Gasteiger charge is -2.05.